The van der Waals surface area contributed by atoms with Gasteiger partial charge >= 0.3 is 5.97 Å². The molecule has 0 saturated heterocycles. The summed E-state index contributed by atoms with van der Waals surface area (Å²) in [6.07, 6.45) is 0. The van der Waals surface area contributed by atoms with Crippen molar-refractivity contribution in [3.8, 4) is 5.88 Å². The van der Waals surface area contributed by atoms with Crippen LogP contribution >= 0.6 is 12.4 Å². The maximum atomic E-state index is 10.1. The number of carbonyl (C=O) groups is 1. The second-order valence-electron chi connectivity index (χ2n) is 1.54. The van der Waals surface area contributed by atoms with Crippen molar-refractivity contribution in [3.05, 3.63) is 11.8 Å². The number of nitrogens with zero attached hydrogens (tertiary/aromatic N) is 1. The molecule has 0 bridgehead atoms. The Bertz CT molecular complexity index is 246. The largest absolute Gasteiger partial charge is 0.479 e. The van der Waals surface area contributed by atoms with Gasteiger partial charge in [0, 0.05) is 0 Å². The first-order valence-electron chi connectivity index (χ1n) is 2.48. The summed E-state index contributed by atoms with van der Waals surface area (Å²) in [7, 11) is 1.38. The topological polar surface area (TPSA) is 72.6 Å². The lowest BCUT2D eigenvalue weighted by atomic mass is 10.5. The van der Waals surface area contributed by atoms with Crippen molar-refractivity contribution in [2.24, 2.45) is 0 Å². The number of aromatic nitrogens is 1. The number of aromatic carboxylic acids is 1. The van der Waals surface area contributed by atoms with Gasteiger partial charge in [-0.2, -0.15) is 0 Å². The number of carboxylic acids is 1. The maximum absolute atomic E-state index is 10.1. The van der Waals surface area contributed by atoms with Gasteiger partial charge in [0.25, 0.3) is 5.88 Å². The molecule has 1 rings (SSSR count). The normalized spacial score (nSPS) is 8.45. The first kappa shape index (κ1) is 9.77. The molecule has 0 aromatic carbocycles. The molecule has 0 aliphatic rings. The molecule has 1 aromatic heterocycles. The molecule has 1 heterocycles. The van der Waals surface area contributed by atoms with Crippen LogP contribution in [0.2, 0.25) is 0 Å². The molecule has 5 nitrogen and oxygen atoms in total. The summed E-state index contributed by atoms with van der Waals surface area (Å²) in [5.41, 5.74) is 0. The fourth-order valence-corrected chi connectivity index (χ4v) is 0.456. The highest BCUT2D eigenvalue weighted by Gasteiger charge is 2.10. The Kier molecular flexibility index (Phi) is 3.39. The molecule has 1 aromatic rings. The van der Waals surface area contributed by atoms with E-state index in [4.69, 9.17) is 5.11 Å². The molecule has 0 saturated carbocycles. The molecular weight excluding hydrogens is 174 g/mol. The standard InChI is InChI=1S/C5H5NO4.ClH/c1-9-4-2-3(5(7)8)10-6-4;/h2H,1H3,(H,7,8);1H. The molecule has 0 fully saturated rings. The summed E-state index contributed by atoms with van der Waals surface area (Å²) < 4.78 is 8.92. The summed E-state index contributed by atoms with van der Waals surface area (Å²) in [4.78, 5) is 10.1. The van der Waals surface area contributed by atoms with Crippen LogP contribution in [0.5, 0.6) is 5.88 Å². The summed E-state index contributed by atoms with van der Waals surface area (Å²) >= 11 is 0. The molecule has 0 aliphatic carbocycles. The van der Waals surface area contributed by atoms with E-state index in [2.05, 4.69) is 14.4 Å². The Hall–Kier alpha value is -1.23. The van der Waals surface area contributed by atoms with Crippen molar-refractivity contribution in [2.75, 3.05) is 7.11 Å². The van der Waals surface area contributed by atoms with E-state index in [1.807, 2.05) is 0 Å². The van der Waals surface area contributed by atoms with Gasteiger partial charge in [-0.1, -0.05) is 0 Å². The van der Waals surface area contributed by atoms with Gasteiger partial charge in [-0.25, -0.2) is 4.79 Å². The molecule has 0 radical (unpaired) electrons. The summed E-state index contributed by atoms with van der Waals surface area (Å²) in [5.74, 6) is -1.22. The number of ether oxygens (including phenoxy) is 1. The van der Waals surface area contributed by atoms with Crippen LogP contribution < -0.4 is 4.74 Å². The van der Waals surface area contributed by atoms with E-state index >= 15 is 0 Å². The highest BCUT2D eigenvalue weighted by atomic mass is 35.5. The van der Waals surface area contributed by atoms with E-state index in [-0.39, 0.29) is 24.0 Å². The van der Waals surface area contributed by atoms with Gasteiger partial charge in [0.15, 0.2) is 0 Å². The summed E-state index contributed by atoms with van der Waals surface area (Å²) in [6.45, 7) is 0. The second-order valence-corrected chi connectivity index (χ2v) is 1.54. The predicted octanol–water partition coefficient (Wildman–Crippen LogP) is 0.803. The van der Waals surface area contributed by atoms with E-state index in [0.717, 1.165) is 0 Å². The average molecular weight is 180 g/mol. The van der Waals surface area contributed by atoms with Gasteiger partial charge in [-0.15, -0.1) is 12.4 Å². The van der Waals surface area contributed by atoms with Crippen molar-refractivity contribution < 1.29 is 19.2 Å². The molecule has 0 atom stereocenters. The number of carboxylic acid groups (broad SMARTS) is 1. The van der Waals surface area contributed by atoms with Gasteiger partial charge in [0.05, 0.1) is 13.2 Å². The van der Waals surface area contributed by atoms with Crippen molar-refractivity contribution in [3.63, 3.8) is 0 Å². The zero-order chi connectivity index (χ0) is 7.56. The molecule has 0 spiro atoms. The van der Waals surface area contributed by atoms with Gasteiger partial charge < -0.3 is 14.4 Å². The lowest BCUT2D eigenvalue weighted by Gasteiger charge is -1.83. The first-order chi connectivity index (χ1) is 4.74. The fraction of sp³-hybridized carbons (Fsp3) is 0.200. The smallest absolute Gasteiger partial charge is 0.374 e. The van der Waals surface area contributed by atoms with E-state index in [0.29, 0.717) is 0 Å². The van der Waals surface area contributed by atoms with Gasteiger partial charge in [-0.3, -0.25) is 0 Å². The molecule has 0 amide bonds. The van der Waals surface area contributed by atoms with E-state index in [1.54, 1.807) is 0 Å². The summed E-state index contributed by atoms with van der Waals surface area (Å²) in [5, 5.41) is 11.6. The van der Waals surface area contributed by atoms with Gasteiger partial charge in [0.1, 0.15) is 0 Å². The Labute approximate surface area is 68.3 Å². The Morgan fingerprint density at radius 3 is 2.73 bits per heavy atom. The molecule has 6 heteroatoms. The van der Waals surface area contributed by atoms with Crippen LogP contribution in [0.15, 0.2) is 10.6 Å². The van der Waals surface area contributed by atoms with Crippen molar-refractivity contribution in [1.29, 1.82) is 0 Å². The SMILES string of the molecule is COc1cc(C(=O)O)on1.Cl. The Balaban J connectivity index is 0.000001000. The van der Waals surface area contributed by atoms with Crippen LogP contribution in [-0.4, -0.2) is 23.3 Å². The summed E-state index contributed by atoms with van der Waals surface area (Å²) in [6, 6.07) is 1.20. The zero-order valence-electron chi connectivity index (χ0n) is 5.60. The molecule has 1 N–H and O–H groups in total. The minimum atomic E-state index is -1.16. The third kappa shape index (κ3) is 2.12. The van der Waals surface area contributed by atoms with Crippen molar-refractivity contribution >= 4 is 18.4 Å². The van der Waals surface area contributed by atoms with Gasteiger partial charge in [-0.05, 0) is 5.16 Å². The minimum Gasteiger partial charge on any atom is -0.479 e. The number of rotatable bonds is 2. The highest BCUT2D eigenvalue weighted by molar-refractivity contribution is 5.85. The van der Waals surface area contributed by atoms with Crippen LogP contribution in [0.3, 0.4) is 0 Å². The second kappa shape index (κ2) is 3.82. The fourth-order valence-electron chi connectivity index (χ4n) is 0.456. The minimum absolute atomic E-state index is 0. The third-order valence-corrected chi connectivity index (χ3v) is 0.908. The Morgan fingerprint density at radius 1 is 1.82 bits per heavy atom. The van der Waals surface area contributed by atoms with Crippen LogP contribution in [0.1, 0.15) is 10.6 Å². The lowest BCUT2D eigenvalue weighted by Crippen LogP contribution is -1.91. The van der Waals surface area contributed by atoms with E-state index < -0.39 is 5.97 Å². The van der Waals surface area contributed by atoms with Crippen molar-refractivity contribution in [2.45, 2.75) is 0 Å². The zero-order valence-corrected chi connectivity index (χ0v) is 6.42. The number of methoxy groups -OCH3 is 1. The molecule has 0 aliphatic heterocycles. The molecule has 11 heavy (non-hydrogen) atoms. The third-order valence-electron chi connectivity index (χ3n) is 0.908. The van der Waals surface area contributed by atoms with E-state index in [1.165, 1.54) is 13.2 Å². The van der Waals surface area contributed by atoms with Crippen LogP contribution in [0, 0.1) is 0 Å². The van der Waals surface area contributed by atoms with Crippen LogP contribution in [0.4, 0.5) is 0 Å². The van der Waals surface area contributed by atoms with Crippen molar-refractivity contribution in [1.82, 2.24) is 5.16 Å². The average Bonchev–Trinajstić information content (AvgIpc) is 2.34. The number of halogens is 1. The molecular formula is C5H6ClNO4. The number of hydrogen-bond donors (Lipinski definition) is 1. The quantitative estimate of drug-likeness (QED) is 0.727. The van der Waals surface area contributed by atoms with E-state index in [9.17, 15) is 4.79 Å². The lowest BCUT2D eigenvalue weighted by molar-refractivity contribution is 0.0652. The van der Waals surface area contributed by atoms with Crippen LogP contribution in [0.25, 0.3) is 0 Å². The van der Waals surface area contributed by atoms with Crippen LogP contribution in [-0.2, 0) is 0 Å². The monoisotopic (exact) mass is 179 g/mol. The highest BCUT2D eigenvalue weighted by Crippen LogP contribution is 2.09. The maximum Gasteiger partial charge on any atom is 0.374 e. The predicted molar refractivity (Wildman–Crippen MR) is 37.3 cm³/mol. The van der Waals surface area contributed by atoms with Gasteiger partial charge in [0.2, 0.25) is 5.76 Å². The first-order valence-corrected chi connectivity index (χ1v) is 2.48. The molecule has 0 unspecified atom stereocenters. The Morgan fingerprint density at radius 2 is 2.45 bits per heavy atom. The number of hydrogen-bond acceptors (Lipinski definition) is 4. The molecule has 62 valence electrons.